The number of benzene rings is 2. The van der Waals surface area contributed by atoms with E-state index >= 15 is 0 Å². The Morgan fingerprint density at radius 3 is 2.51 bits per heavy atom. The van der Waals surface area contributed by atoms with Crippen molar-refractivity contribution in [2.75, 3.05) is 13.1 Å². The van der Waals surface area contributed by atoms with Crippen LogP contribution in [-0.4, -0.2) is 46.4 Å². The highest BCUT2D eigenvalue weighted by Crippen LogP contribution is 2.47. The standard InChI is InChI=1S/C29H22FN5O3S/c30-23-6-8-24(9-7-23)35-27-15-22-12-14-34(39(37,38)25-10-4-20(17-31)5-11-25)19-29(22,16-21(27)18-33-35)28(36)26-3-1-2-13-32-26/h1-11,13,15,18H,12,14,16,19H2/t29-/m0/s1. The average molecular weight is 540 g/mol. The van der Waals surface area contributed by atoms with Crippen LogP contribution < -0.4 is 0 Å². The van der Waals surface area contributed by atoms with E-state index in [1.807, 2.05) is 12.1 Å². The molecule has 2 aliphatic rings. The minimum absolute atomic E-state index is 0.0578. The zero-order valence-corrected chi connectivity index (χ0v) is 21.5. The Labute approximate surface area is 224 Å². The first-order chi connectivity index (χ1) is 18.8. The number of nitrogens with zero attached hydrogens (tertiary/aromatic N) is 5. The number of Topliss-reactive ketones (excluding diaryl/α,β-unsaturated/α-hetero) is 1. The third-order valence-electron chi connectivity index (χ3n) is 7.41. The Kier molecular flexibility index (Phi) is 5.98. The molecule has 0 radical (unpaired) electrons. The quantitative estimate of drug-likeness (QED) is 0.352. The molecule has 0 N–H and O–H groups in total. The van der Waals surface area contributed by atoms with Crippen molar-refractivity contribution in [1.82, 2.24) is 19.1 Å². The lowest BCUT2D eigenvalue weighted by molar-refractivity contribution is 0.0770. The number of carbonyl (C=O) groups is 1. The lowest BCUT2D eigenvalue weighted by Gasteiger charge is -2.44. The van der Waals surface area contributed by atoms with E-state index in [0.717, 1.165) is 16.8 Å². The summed E-state index contributed by atoms with van der Waals surface area (Å²) in [5.41, 5.74) is 2.50. The van der Waals surface area contributed by atoms with Crippen LogP contribution in [0.1, 0.15) is 33.7 Å². The Hall–Kier alpha value is -4.46. The fraction of sp³-hybridized carbons (Fsp3) is 0.172. The molecule has 194 valence electrons. The molecule has 1 aliphatic carbocycles. The van der Waals surface area contributed by atoms with Gasteiger partial charge in [0.25, 0.3) is 0 Å². The molecular formula is C29H22FN5O3S. The van der Waals surface area contributed by atoms with Gasteiger partial charge in [-0.3, -0.25) is 9.78 Å². The van der Waals surface area contributed by atoms with Gasteiger partial charge in [-0.15, -0.1) is 0 Å². The molecule has 2 aromatic heterocycles. The van der Waals surface area contributed by atoms with Crippen molar-refractivity contribution in [2.45, 2.75) is 17.7 Å². The minimum atomic E-state index is -3.94. The maximum absolute atomic E-state index is 14.1. The van der Waals surface area contributed by atoms with E-state index < -0.39 is 15.4 Å². The Bertz CT molecular complexity index is 1760. The maximum atomic E-state index is 14.1. The number of ketones is 1. The van der Waals surface area contributed by atoms with Gasteiger partial charge in [0, 0.05) is 19.3 Å². The molecule has 6 rings (SSSR count). The number of halogens is 1. The first-order valence-corrected chi connectivity index (χ1v) is 13.8. The second-order valence-electron chi connectivity index (χ2n) is 9.64. The van der Waals surface area contributed by atoms with Gasteiger partial charge in [0.05, 0.1) is 39.5 Å². The van der Waals surface area contributed by atoms with Crippen LogP contribution in [0.3, 0.4) is 0 Å². The van der Waals surface area contributed by atoms with Crippen LogP contribution in [0.25, 0.3) is 11.8 Å². The molecule has 8 nitrogen and oxygen atoms in total. The number of aromatic nitrogens is 3. The fourth-order valence-electron chi connectivity index (χ4n) is 5.40. The first kappa shape index (κ1) is 24.9. The summed E-state index contributed by atoms with van der Waals surface area (Å²) >= 11 is 0. The number of hydrogen-bond donors (Lipinski definition) is 0. The van der Waals surface area contributed by atoms with E-state index in [2.05, 4.69) is 10.1 Å². The average Bonchev–Trinajstić information content (AvgIpc) is 3.38. The molecule has 0 bridgehead atoms. The summed E-state index contributed by atoms with van der Waals surface area (Å²) in [6, 6.07) is 18.8. The summed E-state index contributed by atoms with van der Waals surface area (Å²) in [4.78, 5) is 18.5. The Balaban J connectivity index is 1.44. The molecule has 0 saturated carbocycles. The highest BCUT2D eigenvalue weighted by molar-refractivity contribution is 7.89. The van der Waals surface area contributed by atoms with Crippen molar-refractivity contribution < 1.29 is 17.6 Å². The molecule has 4 aromatic rings. The van der Waals surface area contributed by atoms with Crippen molar-refractivity contribution in [3.8, 4) is 11.8 Å². The topological polar surface area (TPSA) is 109 Å². The molecule has 2 aromatic carbocycles. The van der Waals surface area contributed by atoms with Crippen LogP contribution in [0, 0.1) is 22.6 Å². The monoisotopic (exact) mass is 539 g/mol. The van der Waals surface area contributed by atoms with Crippen molar-refractivity contribution in [1.29, 1.82) is 5.26 Å². The minimum Gasteiger partial charge on any atom is -0.291 e. The molecule has 0 amide bonds. The van der Waals surface area contributed by atoms with E-state index in [9.17, 15) is 17.6 Å². The highest BCUT2D eigenvalue weighted by atomic mass is 32.2. The van der Waals surface area contributed by atoms with E-state index in [4.69, 9.17) is 5.26 Å². The zero-order chi connectivity index (χ0) is 27.2. The molecule has 3 heterocycles. The van der Waals surface area contributed by atoms with Crippen LogP contribution in [-0.2, 0) is 16.4 Å². The van der Waals surface area contributed by atoms with E-state index in [1.165, 1.54) is 40.7 Å². The summed E-state index contributed by atoms with van der Waals surface area (Å²) in [6.07, 6.45) is 5.71. The van der Waals surface area contributed by atoms with E-state index in [1.54, 1.807) is 47.4 Å². The molecule has 0 spiro atoms. The van der Waals surface area contributed by atoms with Crippen LogP contribution in [0.15, 0.2) is 89.6 Å². The van der Waals surface area contributed by atoms with Gasteiger partial charge in [0.2, 0.25) is 10.0 Å². The molecule has 1 fully saturated rings. The van der Waals surface area contributed by atoms with Gasteiger partial charge in [0.15, 0.2) is 5.78 Å². The van der Waals surface area contributed by atoms with Crippen molar-refractivity contribution in [2.24, 2.45) is 5.41 Å². The lowest BCUT2D eigenvalue weighted by atomic mass is 9.65. The largest absolute Gasteiger partial charge is 0.291 e. The number of carbonyl (C=O) groups excluding carboxylic acids is 1. The second-order valence-corrected chi connectivity index (χ2v) is 11.6. The highest BCUT2D eigenvalue weighted by Gasteiger charge is 2.51. The SMILES string of the molecule is N#Cc1ccc(S(=O)(=O)N2CCC3=Cc4c(cnn4-c4ccc(F)cc4)C[C@]3(C(=O)c3ccccn3)C2)cc1. The lowest BCUT2D eigenvalue weighted by Crippen LogP contribution is -2.53. The van der Waals surface area contributed by atoms with Gasteiger partial charge in [-0.05, 0) is 85.1 Å². The summed E-state index contributed by atoms with van der Waals surface area (Å²) in [5.74, 6) is -0.608. The summed E-state index contributed by atoms with van der Waals surface area (Å²) < 4.78 is 43.9. The van der Waals surface area contributed by atoms with Crippen molar-refractivity contribution in [3.63, 3.8) is 0 Å². The van der Waals surface area contributed by atoms with Crippen LogP contribution >= 0.6 is 0 Å². The van der Waals surface area contributed by atoms with Crippen molar-refractivity contribution >= 4 is 21.9 Å². The van der Waals surface area contributed by atoms with Gasteiger partial charge < -0.3 is 0 Å². The number of pyridine rings is 1. The first-order valence-electron chi connectivity index (χ1n) is 12.3. The van der Waals surface area contributed by atoms with Crippen LogP contribution in [0.4, 0.5) is 4.39 Å². The third-order valence-corrected chi connectivity index (χ3v) is 9.26. The Morgan fingerprint density at radius 1 is 1.05 bits per heavy atom. The number of fused-ring (bicyclic) bond motifs is 2. The molecule has 39 heavy (non-hydrogen) atoms. The molecule has 10 heteroatoms. The predicted octanol–water partition coefficient (Wildman–Crippen LogP) is 4.18. The van der Waals surface area contributed by atoms with Crippen molar-refractivity contribution in [3.05, 3.63) is 113 Å². The van der Waals surface area contributed by atoms with Crippen LogP contribution in [0.5, 0.6) is 0 Å². The predicted molar refractivity (Wildman–Crippen MR) is 141 cm³/mol. The molecule has 1 aliphatic heterocycles. The number of hydrogen-bond acceptors (Lipinski definition) is 6. The number of sulfonamides is 1. The van der Waals surface area contributed by atoms with Gasteiger partial charge in [-0.25, -0.2) is 17.5 Å². The fourth-order valence-corrected chi connectivity index (χ4v) is 6.90. The second kappa shape index (κ2) is 9.38. The van der Waals surface area contributed by atoms with Gasteiger partial charge in [-0.1, -0.05) is 11.6 Å². The number of rotatable bonds is 5. The number of piperidine rings is 1. The molecule has 1 atom stereocenters. The van der Waals surface area contributed by atoms with Gasteiger partial charge in [0.1, 0.15) is 11.5 Å². The molecular weight excluding hydrogens is 517 g/mol. The molecule has 0 unspecified atom stereocenters. The van der Waals surface area contributed by atoms with Gasteiger partial charge >= 0.3 is 0 Å². The van der Waals surface area contributed by atoms with Crippen LogP contribution in [0.2, 0.25) is 0 Å². The van der Waals surface area contributed by atoms with E-state index in [0.29, 0.717) is 17.7 Å². The smallest absolute Gasteiger partial charge is 0.243 e. The maximum Gasteiger partial charge on any atom is 0.243 e. The molecule has 1 saturated heterocycles. The normalized spacial score (nSPS) is 18.9. The van der Waals surface area contributed by atoms with E-state index in [-0.39, 0.29) is 41.7 Å². The third kappa shape index (κ3) is 4.16. The summed E-state index contributed by atoms with van der Waals surface area (Å²) in [5, 5.41) is 13.6. The Morgan fingerprint density at radius 2 is 1.82 bits per heavy atom. The zero-order valence-electron chi connectivity index (χ0n) is 20.7. The van der Waals surface area contributed by atoms with Gasteiger partial charge in [-0.2, -0.15) is 14.7 Å². The number of nitriles is 1. The summed E-state index contributed by atoms with van der Waals surface area (Å²) in [7, 11) is -3.94. The summed E-state index contributed by atoms with van der Waals surface area (Å²) in [6.45, 7) is 0.128.